The van der Waals surface area contributed by atoms with E-state index < -0.39 is 0 Å². The Morgan fingerprint density at radius 3 is 2.62 bits per heavy atom. The first-order valence-corrected chi connectivity index (χ1v) is 7.54. The van der Waals surface area contributed by atoms with Crippen LogP contribution >= 0.6 is 0 Å². The zero-order valence-electron chi connectivity index (χ0n) is 12.7. The SMILES string of the molecule is CCNc1cc(N2CCC(OCC)CC2)cc([N+](=O)[O-])c1. The number of rotatable bonds is 6. The van der Waals surface area contributed by atoms with Crippen LogP contribution in [-0.2, 0) is 4.74 Å². The molecule has 1 heterocycles. The molecule has 1 aromatic rings. The van der Waals surface area contributed by atoms with Crippen LogP contribution in [0.3, 0.4) is 0 Å². The van der Waals surface area contributed by atoms with E-state index in [0.29, 0.717) is 6.10 Å². The van der Waals surface area contributed by atoms with Crippen molar-refractivity contribution >= 4 is 17.1 Å². The Kier molecular flexibility index (Phi) is 5.38. The Morgan fingerprint density at radius 1 is 1.33 bits per heavy atom. The third kappa shape index (κ3) is 4.07. The molecule has 1 aromatic carbocycles. The Hall–Kier alpha value is -1.82. The maximum atomic E-state index is 11.1. The number of piperidine rings is 1. The molecule has 1 fully saturated rings. The molecule has 6 heteroatoms. The molecule has 6 nitrogen and oxygen atoms in total. The lowest BCUT2D eigenvalue weighted by molar-refractivity contribution is -0.384. The van der Waals surface area contributed by atoms with Gasteiger partial charge in [-0.2, -0.15) is 0 Å². The minimum atomic E-state index is -0.336. The standard InChI is InChI=1S/C15H23N3O3/c1-3-16-12-9-13(11-14(10-12)18(19)20)17-7-5-15(6-8-17)21-4-2/h9-11,15-16H,3-8H2,1-2H3. The van der Waals surface area contributed by atoms with Crippen molar-refractivity contribution in [2.75, 3.05) is 36.5 Å². The summed E-state index contributed by atoms with van der Waals surface area (Å²) in [5.41, 5.74) is 1.85. The van der Waals surface area contributed by atoms with Gasteiger partial charge in [-0.3, -0.25) is 10.1 Å². The molecule has 1 aliphatic heterocycles. The Bertz CT molecular complexity index is 485. The smallest absolute Gasteiger partial charge is 0.273 e. The van der Waals surface area contributed by atoms with Crippen LogP contribution in [0.5, 0.6) is 0 Å². The largest absolute Gasteiger partial charge is 0.385 e. The summed E-state index contributed by atoms with van der Waals surface area (Å²) in [6.07, 6.45) is 2.25. The minimum Gasteiger partial charge on any atom is -0.385 e. The van der Waals surface area contributed by atoms with Crippen LogP contribution in [0.1, 0.15) is 26.7 Å². The maximum absolute atomic E-state index is 11.1. The molecule has 1 aliphatic rings. The second-order valence-electron chi connectivity index (χ2n) is 5.17. The monoisotopic (exact) mass is 293 g/mol. The van der Waals surface area contributed by atoms with Gasteiger partial charge in [0.15, 0.2) is 0 Å². The highest BCUT2D eigenvalue weighted by atomic mass is 16.6. The van der Waals surface area contributed by atoms with Crippen molar-refractivity contribution in [2.24, 2.45) is 0 Å². The van der Waals surface area contributed by atoms with E-state index in [-0.39, 0.29) is 10.6 Å². The summed E-state index contributed by atoms with van der Waals surface area (Å²) in [6, 6.07) is 5.22. The molecule has 0 aromatic heterocycles. The fourth-order valence-corrected chi connectivity index (χ4v) is 2.71. The maximum Gasteiger partial charge on any atom is 0.273 e. The minimum absolute atomic E-state index is 0.135. The first kappa shape index (κ1) is 15.6. The quantitative estimate of drug-likeness (QED) is 0.645. The topological polar surface area (TPSA) is 67.6 Å². The predicted octanol–water partition coefficient (Wildman–Crippen LogP) is 3.03. The molecule has 0 radical (unpaired) electrons. The van der Waals surface area contributed by atoms with Crippen LogP contribution in [0.15, 0.2) is 18.2 Å². The number of nitrogens with one attached hydrogen (secondary N) is 1. The van der Waals surface area contributed by atoms with Crippen molar-refractivity contribution in [2.45, 2.75) is 32.8 Å². The molecule has 0 spiro atoms. The second-order valence-corrected chi connectivity index (χ2v) is 5.17. The number of non-ortho nitro benzene ring substituents is 1. The van der Waals surface area contributed by atoms with Gasteiger partial charge in [0.1, 0.15) is 0 Å². The van der Waals surface area contributed by atoms with Crippen molar-refractivity contribution < 1.29 is 9.66 Å². The predicted molar refractivity (Wildman–Crippen MR) is 84.1 cm³/mol. The highest BCUT2D eigenvalue weighted by Crippen LogP contribution is 2.29. The van der Waals surface area contributed by atoms with Gasteiger partial charge in [-0.25, -0.2) is 0 Å². The Morgan fingerprint density at radius 2 is 2.05 bits per heavy atom. The molecule has 0 amide bonds. The lowest BCUT2D eigenvalue weighted by atomic mass is 10.1. The van der Waals surface area contributed by atoms with Gasteiger partial charge >= 0.3 is 0 Å². The molecule has 0 unspecified atom stereocenters. The number of hydrogen-bond donors (Lipinski definition) is 1. The van der Waals surface area contributed by atoms with E-state index in [1.807, 2.05) is 19.9 Å². The van der Waals surface area contributed by atoms with Crippen LogP contribution in [0.25, 0.3) is 0 Å². The van der Waals surface area contributed by atoms with Gasteiger partial charge in [-0.15, -0.1) is 0 Å². The summed E-state index contributed by atoms with van der Waals surface area (Å²) in [5.74, 6) is 0. The first-order chi connectivity index (χ1) is 10.1. The van der Waals surface area contributed by atoms with Gasteiger partial charge in [0.25, 0.3) is 5.69 Å². The Balaban J connectivity index is 2.13. The molecule has 0 saturated carbocycles. The molecule has 2 rings (SSSR count). The highest BCUT2D eigenvalue weighted by molar-refractivity contribution is 5.64. The van der Waals surface area contributed by atoms with Crippen LogP contribution in [0, 0.1) is 10.1 Å². The van der Waals surface area contributed by atoms with Crippen molar-refractivity contribution in [1.82, 2.24) is 0 Å². The molecule has 0 bridgehead atoms. The van der Waals surface area contributed by atoms with Gasteiger partial charge in [-0.05, 0) is 32.8 Å². The van der Waals surface area contributed by atoms with Crippen molar-refractivity contribution in [3.05, 3.63) is 28.3 Å². The van der Waals surface area contributed by atoms with E-state index >= 15 is 0 Å². The second kappa shape index (κ2) is 7.26. The number of hydrogen-bond acceptors (Lipinski definition) is 5. The van der Waals surface area contributed by atoms with Gasteiger partial charge < -0.3 is 15.0 Å². The van der Waals surface area contributed by atoms with Crippen LogP contribution in [0.2, 0.25) is 0 Å². The summed E-state index contributed by atoms with van der Waals surface area (Å²) >= 11 is 0. The normalized spacial score (nSPS) is 16.0. The molecule has 21 heavy (non-hydrogen) atoms. The fraction of sp³-hybridized carbons (Fsp3) is 0.600. The van der Waals surface area contributed by atoms with E-state index in [1.54, 1.807) is 12.1 Å². The van der Waals surface area contributed by atoms with Gasteiger partial charge in [0.05, 0.1) is 11.0 Å². The number of ether oxygens (including phenoxy) is 1. The molecule has 0 atom stereocenters. The van der Waals surface area contributed by atoms with Crippen molar-refractivity contribution in [1.29, 1.82) is 0 Å². The number of nitrogens with zero attached hydrogens (tertiary/aromatic N) is 2. The number of anilines is 2. The van der Waals surface area contributed by atoms with Crippen LogP contribution in [0.4, 0.5) is 17.1 Å². The fourth-order valence-electron chi connectivity index (χ4n) is 2.71. The van der Waals surface area contributed by atoms with Gasteiger partial charge in [-0.1, -0.05) is 0 Å². The third-order valence-electron chi connectivity index (χ3n) is 3.70. The summed E-state index contributed by atoms with van der Waals surface area (Å²) in [7, 11) is 0. The number of nitro groups is 1. The van der Waals surface area contributed by atoms with E-state index in [2.05, 4.69) is 10.2 Å². The average molecular weight is 293 g/mol. The molecule has 116 valence electrons. The van der Waals surface area contributed by atoms with Crippen molar-refractivity contribution in [3.8, 4) is 0 Å². The lowest BCUT2D eigenvalue weighted by Crippen LogP contribution is -2.37. The molecular weight excluding hydrogens is 270 g/mol. The highest BCUT2D eigenvalue weighted by Gasteiger charge is 2.21. The zero-order chi connectivity index (χ0) is 15.2. The zero-order valence-corrected chi connectivity index (χ0v) is 12.7. The van der Waals surface area contributed by atoms with Crippen molar-refractivity contribution in [3.63, 3.8) is 0 Å². The third-order valence-corrected chi connectivity index (χ3v) is 3.70. The summed E-state index contributed by atoms with van der Waals surface area (Å²) in [4.78, 5) is 12.9. The summed E-state index contributed by atoms with van der Waals surface area (Å²) in [5, 5.41) is 14.2. The summed E-state index contributed by atoms with van der Waals surface area (Å²) in [6.45, 7) is 7.22. The van der Waals surface area contributed by atoms with E-state index in [4.69, 9.17) is 4.74 Å². The van der Waals surface area contributed by atoms with Crippen LogP contribution in [-0.4, -0.2) is 37.3 Å². The molecule has 1 N–H and O–H groups in total. The van der Waals surface area contributed by atoms with Gasteiger partial charge in [0.2, 0.25) is 0 Å². The van der Waals surface area contributed by atoms with Gasteiger partial charge in [0, 0.05) is 49.7 Å². The number of nitro benzene ring substituents is 1. The Labute approximate surface area is 125 Å². The number of benzene rings is 1. The average Bonchev–Trinajstić information content (AvgIpc) is 2.48. The first-order valence-electron chi connectivity index (χ1n) is 7.54. The van der Waals surface area contributed by atoms with E-state index in [9.17, 15) is 10.1 Å². The van der Waals surface area contributed by atoms with Crippen LogP contribution < -0.4 is 10.2 Å². The molecule has 0 aliphatic carbocycles. The van der Waals surface area contributed by atoms with E-state index in [0.717, 1.165) is 50.5 Å². The lowest BCUT2D eigenvalue weighted by Gasteiger charge is -2.33. The van der Waals surface area contributed by atoms with E-state index in [1.165, 1.54) is 0 Å². The molecule has 1 saturated heterocycles. The summed E-state index contributed by atoms with van der Waals surface area (Å²) < 4.78 is 5.64. The molecular formula is C15H23N3O3.